The number of hydrogen-bond acceptors (Lipinski definition) is 6. The Kier molecular flexibility index (Phi) is 4.07. The van der Waals surface area contributed by atoms with Gasteiger partial charge in [0.2, 0.25) is 5.91 Å². The summed E-state index contributed by atoms with van der Waals surface area (Å²) in [5.74, 6) is -0.407. The first kappa shape index (κ1) is 15.8. The predicted octanol–water partition coefficient (Wildman–Crippen LogP) is 1.73. The molecule has 1 unspecified atom stereocenters. The molecule has 0 fully saturated rings. The van der Waals surface area contributed by atoms with Crippen LogP contribution in [0.5, 0.6) is 0 Å². The normalized spacial score (nSPS) is 17.7. The number of nitrogens with one attached hydrogen (secondary N) is 1. The summed E-state index contributed by atoms with van der Waals surface area (Å²) in [7, 11) is 1.47. The van der Waals surface area contributed by atoms with Gasteiger partial charge in [-0.15, -0.1) is 0 Å². The second-order valence-corrected chi connectivity index (χ2v) is 5.42. The summed E-state index contributed by atoms with van der Waals surface area (Å²) in [6, 6.07) is 2.82. The molecule has 1 amide bonds. The molecule has 2 aliphatic heterocycles. The molecular formula is C17H18N4O3. The number of benzene rings is 1. The Balaban J connectivity index is 2.09. The molecule has 1 aromatic rings. The maximum Gasteiger partial charge on any atom is 0.238 e. The SMILES string of the molecule is CCC(=O)NN1c2ccc(N)c3c2C(=CC1C(=O)/C=C/OC)C=N3. The fourth-order valence-electron chi connectivity index (χ4n) is 2.73. The maximum absolute atomic E-state index is 12.5. The summed E-state index contributed by atoms with van der Waals surface area (Å²) in [6.45, 7) is 1.75. The lowest BCUT2D eigenvalue weighted by molar-refractivity contribution is -0.121. The van der Waals surface area contributed by atoms with Crippen LogP contribution in [0, 0.1) is 0 Å². The zero-order chi connectivity index (χ0) is 17.3. The zero-order valence-corrected chi connectivity index (χ0v) is 13.4. The standard InChI is InChI=1S/C17H18N4O3/c1-3-15(23)20-21-12-5-4-11(18)17-16(12)10(9-19-17)8-13(21)14(22)6-7-24-2/h4-9,13H,3,18H2,1-2H3,(H,20,23)/b7-6+. The average molecular weight is 326 g/mol. The molecule has 2 heterocycles. The number of allylic oxidation sites excluding steroid dienone is 1. The molecule has 1 atom stereocenters. The number of carbonyl (C=O) groups is 2. The number of hydrazine groups is 1. The molecule has 0 saturated heterocycles. The predicted molar refractivity (Wildman–Crippen MR) is 92.8 cm³/mol. The molecule has 3 rings (SSSR count). The lowest BCUT2D eigenvalue weighted by atomic mass is 9.94. The number of ketones is 1. The van der Waals surface area contributed by atoms with Crippen LogP contribution in [-0.2, 0) is 14.3 Å². The molecule has 24 heavy (non-hydrogen) atoms. The summed E-state index contributed by atoms with van der Waals surface area (Å²) in [4.78, 5) is 28.8. The van der Waals surface area contributed by atoms with Crippen molar-refractivity contribution in [3.63, 3.8) is 0 Å². The first-order valence-corrected chi connectivity index (χ1v) is 7.57. The number of rotatable bonds is 5. The zero-order valence-electron chi connectivity index (χ0n) is 13.4. The number of hydrogen-bond donors (Lipinski definition) is 2. The third-order valence-electron chi connectivity index (χ3n) is 3.91. The van der Waals surface area contributed by atoms with Crippen LogP contribution in [0.4, 0.5) is 17.1 Å². The fraction of sp³-hybridized carbons (Fsp3) is 0.235. The molecule has 0 saturated carbocycles. The Bertz CT molecular complexity index is 795. The number of aliphatic imine (C=N–C) groups is 1. The van der Waals surface area contributed by atoms with Crippen molar-refractivity contribution >= 4 is 40.5 Å². The second kappa shape index (κ2) is 6.19. The summed E-state index contributed by atoms with van der Waals surface area (Å²) in [5.41, 5.74) is 12.3. The quantitative estimate of drug-likeness (QED) is 0.488. The first-order valence-electron chi connectivity index (χ1n) is 7.57. The van der Waals surface area contributed by atoms with E-state index >= 15 is 0 Å². The number of amides is 1. The van der Waals surface area contributed by atoms with Crippen molar-refractivity contribution in [1.82, 2.24) is 5.43 Å². The van der Waals surface area contributed by atoms with Crippen molar-refractivity contribution in [3.8, 4) is 0 Å². The highest BCUT2D eigenvalue weighted by molar-refractivity contribution is 6.22. The molecular weight excluding hydrogens is 308 g/mol. The Morgan fingerprint density at radius 1 is 1.46 bits per heavy atom. The molecule has 124 valence electrons. The summed E-state index contributed by atoms with van der Waals surface area (Å²) >= 11 is 0. The van der Waals surface area contributed by atoms with Gasteiger partial charge < -0.3 is 10.5 Å². The fourth-order valence-corrected chi connectivity index (χ4v) is 2.73. The van der Waals surface area contributed by atoms with Crippen molar-refractivity contribution in [2.24, 2.45) is 4.99 Å². The molecule has 0 spiro atoms. The van der Waals surface area contributed by atoms with Crippen LogP contribution in [0.15, 0.2) is 35.5 Å². The molecule has 0 radical (unpaired) electrons. The highest BCUT2D eigenvalue weighted by atomic mass is 16.5. The highest BCUT2D eigenvalue weighted by Crippen LogP contribution is 2.45. The number of anilines is 2. The van der Waals surface area contributed by atoms with Gasteiger partial charge in [0.25, 0.3) is 0 Å². The van der Waals surface area contributed by atoms with E-state index in [0.717, 1.165) is 11.1 Å². The molecule has 0 bridgehead atoms. The minimum Gasteiger partial charge on any atom is -0.504 e. The van der Waals surface area contributed by atoms with E-state index in [1.165, 1.54) is 19.4 Å². The van der Waals surface area contributed by atoms with Crippen LogP contribution < -0.4 is 16.2 Å². The van der Waals surface area contributed by atoms with E-state index in [4.69, 9.17) is 10.5 Å². The van der Waals surface area contributed by atoms with Crippen LogP contribution in [0.3, 0.4) is 0 Å². The van der Waals surface area contributed by atoms with Crippen LogP contribution in [0.2, 0.25) is 0 Å². The number of carbonyl (C=O) groups excluding carboxylic acids is 2. The van der Waals surface area contributed by atoms with Gasteiger partial charge in [-0.1, -0.05) is 6.92 Å². The number of nitrogen functional groups attached to an aromatic ring is 1. The Hall–Kier alpha value is -3.09. The van der Waals surface area contributed by atoms with Gasteiger partial charge in [-0.3, -0.25) is 25.0 Å². The Morgan fingerprint density at radius 2 is 2.25 bits per heavy atom. The second-order valence-electron chi connectivity index (χ2n) is 5.42. The monoisotopic (exact) mass is 326 g/mol. The molecule has 0 aromatic heterocycles. The lowest BCUT2D eigenvalue weighted by Crippen LogP contribution is -2.52. The van der Waals surface area contributed by atoms with E-state index in [9.17, 15) is 9.59 Å². The molecule has 7 nitrogen and oxygen atoms in total. The number of methoxy groups -OCH3 is 1. The molecule has 7 heteroatoms. The largest absolute Gasteiger partial charge is 0.504 e. The maximum atomic E-state index is 12.5. The minimum atomic E-state index is -0.685. The third kappa shape index (κ3) is 2.54. The van der Waals surface area contributed by atoms with Crippen molar-refractivity contribution in [2.75, 3.05) is 17.9 Å². The molecule has 2 aliphatic rings. The summed E-state index contributed by atoms with van der Waals surface area (Å²) in [5, 5.41) is 1.56. The van der Waals surface area contributed by atoms with Gasteiger partial charge in [0, 0.05) is 29.8 Å². The summed E-state index contributed by atoms with van der Waals surface area (Å²) < 4.78 is 4.82. The van der Waals surface area contributed by atoms with Crippen molar-refractivity contribution in [3.05, 3.63) is 36.1 Å². The highest BCUT2D eigenvalue weighted by Gasteiger charge is 2.34. The topological polar surface area (TPSA) is 97.0 Å². The van der Waals surface area contributed by atoms with Gasteiger partial charge in [-0.2, -0.15) is 0 Å². The van der Waals surface area contributed by atoms with Crippen molar-refractivity contribution in [2.45, 2.75) is 19.4 Å². The average Bonchev–Trinajstić information content (AvgIpc) is 3.02. The van der Waals surface area contributed by atoms with E-state index in [1.54, 1.807) is 36.4 Å². The van der Waals surface area contributed by atoms with E-state index in [-0.39, 0.29) is 11.7 Å². The Morgan fingerprint density at radius 3 is 2.96 bits per heavy atom. The van der Waals surface area contributed by atoms with Crippen molar-refractivity contribution < 1.29 is 14.3 Å². The van der Waals surface area contributed by atoms with Gasteiger partial charge in [-0.25, -0.2) is 0 Å². The van der Waals surface area contributed by atoms with Crippen LogP contribution in [0.25, 0.3) is 5.57 Å². The van der Waals surface area contributed by atoms with Gasteiger partial charge in [0.05, 0.1) is 30.4 Å². The number of ether oxygens (including phenoxy) is 1. The van der Waals surface area contributed by atoms with Gasteiger partial charge in [0.15, 0.2) is 5.78 Å². The first-order chi connectivity index (χ1) is 11.6. The molecule has 3 N–H and O–H groups in total. The van der Waals surface area contributed by atoms with E-state index < -0.39 is 6.04 Å². The number of nitrogens with two attached hydrogens (primary N) is 1. The minimum absolute atomic E-state index is 0.190. The van der Waals surface area contributed by atoms with Crippen LogP contribution in [0.1, 0.15) is 18.9 Å². The van der Waals surface area contributed by atoms with Crippen LogP contribution in [-0.4, -0.2) is 31.1 Å². The number of nitrogens with zero attached hydrogens (tertiary/aromatic N) is 2. The van der Waals surface area contributed by atoms with Gasteiger partial charge in [0.1, 0.15) is 6.04 Å². The van der Waals surface area contributed by atoms with E-state index in [0.29, 0.717) is 23.5 Å². The van der Waals surface area contributed by atoms with E-state index in [1.807, 2.05) is 0 Å². The van der Waals surface area contributed by atoms with E-state index in [2.05, 4.69) is 10.4 Å². The summed E-state index contributed by atoms with van der Waals surface area (Å²) in [6.07, 6.45) is 6.40. The lowest BCUT2D eigenvalue weighted by Gasteiger charge is -2.35. The third-order valence-corrected chi connectivity index (χ3v) is 3.91. The van der Waals surface area contributed by atoms with Gasteiger partial charge >= 0.3 is 0 Å². The van der Waals surface area contributed by atoms with Crippen molar-refractivity contribution in [1.29, 1.82) is 0 Å². The Labute approximate surface area is 139 Å². The molecule has 0 aliphatic carbocycles. The molecule has 1 aromatic carbocycles. The smallest absolute Gasteiger partial charge is 0.238 e. The van der Waals surface area contributed by atoms with Crippen LogP contribution >= 0.6 is 0 Å². The van der Waals surface area contributed by atoms with Gasteiger partial charge in [-0.05, 0) is 18.2 Å².